The molecule has 3 aromatic heterocycles. The van der Waals surface area contributed by atoms with Crippen LogP contribution < -0.4 is 10.6 Å². The van der Waals surface area contributed by atoms with Gasteiger partial charge in [-0.3, -0.25) is 15.1 Å². The molecule has 0 spiro atoms. The van der Waals surface area contributed by atoms with Crippen molar-refractivity contribution in [3.8, 4) is 0 Å². The highest BCUT2D eigenvalue weighted by Gasteiger charge is 2.23. The van der Waals surface area contributed by atoms with Crippen molar-refractivity contribution in [2.24, 2.45) is 0 Å². The molecule has 10 nitrogen and oxygen atoms in total. The third kappa shape index (κ3) is 4.17. The average molecular weight is 404 g/mol. The summed E-state index contributed by atoms with van der Waals surface area (Å²) < 4.78 is 1.94. The number of pyridine rings is 1. The van der Waals surface area contributed by atoms with Crippen LogP contribution >= 0.6 is 0 Å². The lowest BCUT2D eigenvalue weighted by Crippen LogP contribution is -2.11. The van der Waals surface area contributed by atoms with Crippen LogP contribution in [0.4, 0.5) is 23.0 Å². The Hall–Kier alpha value is -4.08. The number of rotatable bonds is 8. The highest BCUT2D eigenvalue weighted by atomic mass is 16.6. The smallest absolute Gasteiger partial charge is 0.353 e. The summed E-state index contributed by atoms with van der Waals surface area (Å²) in [5.41, 5.74) is 2.19. The van der Waals surface area contributed by atoms with E-state index < -0.39 is 4.92 Å². The van der Waals surface area contributed by atoms with Crippen LogP contribution in [-0.2, 0) is 6.54 Å². The van der Waals surface area contributed by atoms with E-state index in [9.17, 15) is 10.1 Å². The molecule has 4 rings (SSSR count). The number of nitro groups is 1. The Labute approximate surface area is 172 Å². The zero-order valence-electron chi connectivity index (χ0n) is 16.3. The van der Waals surface area contributed by atoms with Gasteiger partial charge in [-0.15, -0.1) is 0 Å². The molecule has 0 aliphatic carbocycles. The number of hydrogen-bond donors (Lipinski definition) is 2. The van der Waals surface area contributed by atoms with E-state index >= 15 is 0 Å². The van der Waals surface area contributed by atoms with Crippen LogP contribution in [0, 0.1) is 17.0 Å². The highest BCUT2D eigenvalue weighted by Crippen LogP contribution is 2.33. The van der Waals surface area contributed by atoms with E-state index in [0.29, 0.717) is 12.2 Å². The number of aryl methyl sites for hydroxylation is 2. The third-order valence-electron chi connectivity index (χ3n) is 4.57. The molecule has 0 atom stereocenters. The summed E-state index contributed by atoms with van der Waals surface area (Å²) in [5, 5.41) is 18.8. The lowest BCUT2D eigenvalue weighted by Gasteiger charge is -2.12. The van der Waals surface area contributed by atoms with Crippen LogP contribution in [0.25, 0.3) is 10.9 Å². The summed E-state index contributed by atoms with van der Waals surface area (Å²) in [4.78, 5) is 28.0. The Kier molecular flexibility index (Phi) is 5.46. The van der Waals surface area contributed by atoms with E-state index in [1.54, 1.807) is 12.5 Å². The minimum absolute atomic E-state index is 0.125. The molecule has 2 N–H and O–H groups in total. The van der Waals surface area contributed by atoms with Crippen LogP contribution in [0.5, 0.6) is 0 Å². The van der Waals surface area contributed by atoms with Gasteiger partial charge in [0.15, 0.2) is 0 Å². The lowest BCUT2D eigenvalue weighted by molar-refractivity contribution is -0.383. The van der Waals surface area contributed by atoms with Crippen molar-refractivity contribution in [2.75, 3.05) is 17.2 Å². The summed E-state index contributed by atoms with van der Waals surface area (Å²) in [6.45, 7) is 3.19. The summed E-state index contributed by atoms with van der Waals surface area (Å²) in [6.07, 6.45) is 7.38. The molecule has 0 saturated heterocycles. The van der Waals surface area contributed by atoms with Crippen molar-refractivity contribution in [3.63, 3.8) is 0 Å². The zero-order valence-corrected chi connectivity index (χ0v) is 16.3. The monoisotopic (exact) mass is 404 g/mol. The maximum Gasteiger partial charge on any atom is 0.353 e. The summed E-state index contributed by atoms with van der Waals surface area (Å²) in [5.74, 6) is 0.303. The van der Waals surface area contributed by atoms with E-state index in [0.717, 1.165) is 29.6 Å². The molecule has 0 amide bonds. The molecule has 3 heterocycles. The maximum absolute atomic E-state index is 11.8. The van der Waals surface area contributed by atoms with Gasteiger partial charge in [0.1, 0.15) is 6.33 Å². The van der Waals surface area contributed by atoms with Gasteiger partial charge >= 0.3 is 5.69 Å². The Morgan fingerprint density at radius 3 is 2.83 bits per heavy atom. The molecule has 0 saturated carbocycles. The number of nitrogens with zero attached hydrogens (tertiary/aromatic N) is 6. The second-order valence-corrected chi connectivity index (χ2v) is 6.71. The molecular weight excluding hydrogens is 384 g/mol. The quantitative estimate of drug-likeness (QED) is 0.259. The first-order valence-electron chi connectivity index (χ1n) is 9.44. The van der Waals surface area contributed by atoms with Crippen molar-refractivity contribution in [1.29, 1.82) is 0 Å². The fourth-order valence-electron chi connectivity index (χ4n) is 3.15. The van der Waals surface area contributed by atoms with Gasteiger partial charge in [0.05, 0.1) is 16.8 Å². The second-order valence-electron chi connectivity index (χ2n) is 6.71. The first kappa shape index (κ1) is 19.2. The van der Waals surface area contributed by atoms with Crippen molar-refractivity contribution in [3.05, 3.63) is 71.2 Å². The molecule has 10 heteroatoms. The molecule has 0 aliphatic heterocycles. The molecule has 152 valence electrons. The van der Waals surface area contributed by atoms with Crippen molar-refractivity contribution in [1.82, 2.24) is 24.5 Å². The van der Waals surface area contributed by atoms with Gasteiger partial charge in [-0.2, -0.15) is 0 Å². The van der Waals surface area contributed by atoms with Crippen molar-refractivity contribution < 1.29 is 4.92 Å². The third-order valence-corrected chi connectivity index (χ3v) is 4.57. The fourth-order valence-corrected chi connectivity index (χ4v) is 3.15. The predicted octanol–water partition coefficient (Wildman–Crippen LogP) is 3.68. The van der Waals surface area contributed by atoms with Gasteiger partial charge in [0.2, 0.25) is 11.6 Å². The number of nitrogens with one attached hydrogen (secondary N) is 2. The molecule has 0 unspecified atom stereocenters. The van der Waals surface area contributed by atoms with Crippen LogP contribution in [0.3, 0.4) is 0 Å². The van der Waals surface area contributed by atoms with Gasteiger partial charge < -0.3 is 15.2 Å². The summed E-state index contributed by atoms with van der Waals surface area (Å²) in [6, 6.07) is 9.41. The molecule has 0 bridgehead atoms. The highest BCUT2D eigenvalue weighted by molar-refractivity contribution is 5.94. The predicted molar refractivity (Wildman–Crippen MR) is 114 cm³/mol. The Bertz CT molecular complexity index is 1180. The van der Waals surface area contributed by atoms with E-state index in [4.69, 9.17) is 0 Å². The van der Waals surface area contributed by atoms with Crippen molar-refractivity contribution in [2.45, 2.75) is 19.9 Å². The minimum Gasteiger partial charge on any atom is -0.364 e. The standard InChI is InChI=1S/C20H20N8O2/c1-14-6-7-15-16(25-14)4-2-5-17(15)26-20-18(28(29)30)19(23-12-24-20)22-8-3-10-27-11-9-21-13-27/h2,4-7,9,11-13H,3,8,10H2,1H3,(H2,22,23,24,26). The van der Waals surface area contributed by atoms with Gasteiger partial charge in [-0.1, -0.05) is 6.07 Å². The molecule has 30 heavy (non-hydrogen) atoms. The van der Waals surface area contributed by atoms with Crippen LogP contribution in [0.1, 0.15) is 12.1 Å². The molecule has 1 aromatic carbocycles. The first-order chi connectivity index (χ1) is 14.6. The topological polar surface area (TPSA) is 124 Å². The summed E-state index contributed by atoms with van der Waals surface area (Å²) in [7, 11) is 0. The van der Waals surface area contributed by atoms with E-state index in [1.807, 2.05) is 48.0 Å². The van der Waals surface area contributed by atoms with Crippen LogP contribution in [0.15, 0.2) is 55.4 Å². The van der Waals surface area contributed by atoms with Gasteiger partial charge in [-0.05, 0) is 37.6 Å². The summed E-state index contributed by atoms with van der Waals surface area (Å²) >= 11 is 0. The van der Waals surface area contributed by atoms with Crippen molar-refractivity contribution >= 4 is 33.9 Å². The molecule has 0 aliphatic rings. The fraction of sp³-hybridized carbons (Fsp3) is 0.200. The molecule has 0 fully saturated rings. The number of fused-ring (bicyclic) bond motifs is 1. The van der Waals surface area contributed by atoms with Crippen LogP contribution in [0.2, 0.25) is 0 Å². The average Bonchev–Trinajstić information content (AvgIpc) is 3.24. The number of hydrogen-bond acceptors (Lipinski definition) is 8. The first-order valence-corrected chi connectivity index (χ1v) is 9.44. The lowest BCUT2D eigenvalue weighted by atomic mass is 10.1. The largest absolute Gasteiger partial charge is 0.364 e. The van der Waals surface area contributed by atoms with Gasteiger partial charge in [0, 0.05) is 42.3 Å². The number of anilines is 3. The number of benzene rings is 1. The number of imidazole rings is 1. The Morgan fingerprint density at radius 2 is 2.03 bits per heavy atom. The Morgan fingerprint density at radius 1 is 1.17 bits per heavy atom. The van der Waals surface area contributed by atoms with Gasteiger partial charge in [-0.25, -0.2) is 15.0 Å². The van der Waals surface area contributed by atoms with Crippen LogP contribution in [-0.4, -0.2) is 36.0 Å². The zero-order chi connectivity index (χ0) is 20.9. The molecule has 4 aromatic rings. The normalized spacial score (nSPS) is 10.8. The minimum atomic E-state index is -0.478. The molecule has 0 radical (unpaired) electrons. The molecular formula is C20H20N8O2. The van der Waals surface area contributed by atoms with Gasteiger partial charge in [0.25, 0.3) is 0 Å². The maximum atomic E-state index is 11.8. The second kappa shape index (κ2) is 8.52. The Balaban J connectivity index is 1.56. The number of aromatic nitrogens is 5. The van der Waals surface area contributed by atoms with E-state index in [-0.39, 0.29) is 17.3 Å². The van der Waals surface area contributed by atoms with E-state index in [1.165, 1.54) is 6.33 Å². The SMILES string of the molecule is Cc1ccc2c(Nc3ncnc(NCCCn4ccnc4)c3[N+](=O)[O-])cccc2n1. The van der Waals surface area contributed by atoms with E-state index in [2.05, 4.69) is 30.6 Å².